The SMILES string of the molecule is Cc1cccc(CCC2(OC(=O)C(F)(F)F)NC(c3ccccc3)C(c3ccccc3)N2)c1. The lowest BCUT2D eigenvalue weighted by molar-refractivity contribution is -0.219. The van der Waals surface area contributed by atoms with E-state index >= 15 is 0 Å². The Labute approximate surface area is 190 Å². The summed E-state index contributed by atoms with van der Waals surface area (Å²) < 4.78 is 44.7. The molecule has 0 bridgehead atoms. The maximum absolute atomic E-state index is 13.2. The largest absolute Gasteiger partial charge is 0.491 e. The summed E-state index contributed by atoms with van der Waals surface area (Å²) in [6.07, 6.45) is -4.58. The van der Waals surface area contributed by atoms with Crippen molar-refractivity contribution in [2.24, 2.45) is 0 Å². The van der Waals surface area contributed by atoms with E-state index in [1.54, 1.807) is 0 Å². The Hall–Kier alpha value is -3.16. The molecule has 4 rings (SSSR count). The number of nitrogens with one attached hydrogen (secondary N) is 2. The van der Waals surface area contributed by atoms with Gasteiger partial charge in [0.15, 0.2) is 0 Å². The number of carbonyl (C=O) groups excluding carboxylic acids is 1. The third kappa shape index (κ3) is 5.43. The predicted molar refractivity (Wildman–Crippen MR) is 119 cm³/mol. The first-order chi connectivity index (χ1) is 15.8. The Kier molecular flexibility index (Phi) is 6.54. The molecule has 1 aliphatic rings. The summed E-state index contributed by atoms with van der Waals surface area (Å²) in [4.78, 5) is 12.0. The maximum atomic E-state index is 13.2. The second-order valence-corrected chi connectivity index (χ2v) is 8.27. The van der Waals surface area contributed by atoms with E-state index in [9.17, 15) is 18.0 Å². The Bertz CT molecular complexity index is 1040. The minimum absolute atomic E-state index is 0.116. The van der Waals surface area contributed by atoms with Crippen molar-refractivity contribution in [3.05, 3.63) is 107 Å². The number of hydrogen-bond donors (Lipinski definition) is 2. The zero-order valence-electron chi connectivity index (χ0n) is 18.1. The average molecular weight is 454 g/mol. The van der Waals surface area contributed by atoms with E-state index in [0.717, 1.165) is 22.3 Å². The van der Waals surface area contributed by atoms with Crippen molar-refractivity contribution < 1.29 is 22.7 Å². The fraction of sp³-hybridized carbons (Fsp3) is 0.269. The van der Waals surface area contributed by atoms with Crippen molar-refractivity contribution in [3.63, 3.8) is 0 Å². The molecular formula is C26H25F3N2O2. The highest BCUT2D eigenvalue weighted by atomic mass is 19.4. The summed E-state index contributed by atoms with van der Waals surface area (Å²) >= 11 is 0. The fourth-order valence-electron chi connectivity index (χ4n) is 4.24. The highest BCUT2D eigenvalue weighted by molar-refractivity contribution is 5.76. The highest BCUT2D eigenvalue weighted by Crippen LogP contribution is 2.39. The smallest absolute Gasteiger partial charge is 0.424 e. The third-order valence-corrected chi connectivity index (χ3v) is 5.77. The van der Waals surface area contributed by atoms with Crippen LogP contribution in [0.15, 0.2) is 84.9 Å². The van der Waals surface area contributed by atoms with Gasteiger partial charge in [0.2, 0.25) is 5.85 Å². The van der Waals surface area contributed by atoms with Crippen LogP contribution in [0.2, 0.25) is 0 Å². The lowest BCUT2D eigenvalue weighted by Gasteiger charge is -2.31. The number of alkyl halides is 3. The Morgan fingerprint density at radius 3 is 1.91 bits per heavy atom. The Morgan fingerprint density at radius 2 is 1.42 bits per heavy atom. The number of esters is 1. The van der Waals surface area contributed by atoms with Crippen LogP contribution >= 0.6 is 0 Å². The molecule has 2 N–H and O–H groups in total. The van der Waals surface area contributed by atoms with Crippen LogP contribution in [0.3, 0.4) is 0 Å². The number of benzene rings is 3. The summed E-state index contributed by atoms with van der Waals surface area (Å²) in [5.74, 6) is -3.93. The van der Waals surface area contributed by atoms with Gasteiger partial charge in [-0.2, -0.15) is 13.2 Å². The number of hydrogen-bond acceptors (Lipinski definition) is 4. The molecule has 2 atom stereocenters. The first kappa shape index (κ1) is 23.0. The van der Waals surface area contributed by atoms with E-state index in [1.165, 1.54) is 0 Å². The molecular weight excluding hydrogens is 429 g/mol. The van der Waals surface area contributed by atoms with E-state index in [2.05, 4.69) is 10.6 Å². The van der Waals surface area contributed by atoms with E-state index in [0.29, 0.717) is 6.42 Å². The summed E-state index contributed by atoms with van der Waals surface area (Å²) in [7, 11) is 0. The predicted octanol–water partition coefficient (Wildman–Crippen LogP) is 5.36. The van der Waals surface area contributed by atoms with Crippen molar-refractivity contribution in [1.82, 2.24) is 10.6 Å². The first-order valence-corrected chi connectivity index (χ1v) is 10.8. The molecule has 33 heavy (non-hydrogen) atoms. The number of ether oxygens (including phenoxy) is 1. The van der Waals surface area contributed by atoms with Gasteiger partial charge < -0.3 is 4.74 Å². The number of halogens is 3. The zero-order chi connectivity index (χ0) is 23.5. The molecule has 3 aromatic rings. The Balaban J connectivity index is 1.70. The summed E-state index contributed by atoms with van der Waals surface area (Å²) in [6, 6.07) is 25.7. The summed E-state index contributed by atoms with van der Waals surface area (Å²) in [5, 5.41) is 6.41. The summed E-state index contributed by atoms with van der Waals surface area (Å²) in [5.41, 5.74) is 3.74. The van der Waals surface area contributed by atoms with E-state index in [4.69, 9.17) is 4.74 Å². The summed E-state index contributed by atoms with van der Waals surface area (Å²) in [6.45, 7) is 1.95. The molecule has 0 aliphatic carbocycles. The van der Waals surface area contributed by atoms with Crippen LogP contribution in [-0.2, 0) is 16.0 Å². The van der Waals surface area contributed by atoms with Crippen molar-refractivity contribution in [2.75, 3.05) is 0 Å². The molecule has 0 spiro atoms. The molecule has 0 radical (unpaired) electrons. The van der Waals surface area contributed by atoms with Gasteiger partial charge >= 0.3 is 12.1 Å². The van der Waals surface area contributed by atoms with Crippen molar-refractivity contribution >= 4 is 5.97 Å². The van der Waals surface area contributed by atoms with Crippen LogP contribution in [0.4, 0.5) is 13.2 Å². The van der Waals surface area contributed by atoms with E-state index in [1.807, 2.05) is 91.9 Å². The molecule has 2 unspecified atom stereocenters. The van der Waals surface area contributed by atoms with Gasteiger partial charge in [-0.25, -0.2) is 4.79 Å². The van der Waals surface area contributed by atoms with Gasteiger partial charge in [0, 0.05) is 6.42 Å². The lowest BCUT2D eigenvalue weighted by Crippen LogP contribution is -2.55. The van der Waals surface area contributed by atoms with Gasteiger partial charge in [-0.3, -0.25) is 10.6 Å². The molecule has 3 aromatic carbocycles. The number of carbonyl (C=O) groups is 1. The van der Waals surface area contributed by atoms with Crippen LogP contribution < -0.4 is 10.6 Å². The molecule has 1 heterocycles. The van der Waals surface area contributed by atoms with Gasteiger partial charge in [-0.05, 0) is 30.0 Å². The van der Waals surface area contributed by atoms with Gasteiger partial charge in [0.25, 0.3) is 0 Å². The Morgan fingerprint density at radius 1 is 0.879 bits per heavy atom. The molecule has 1 fully saturated rings. The quantitative estimate of drug-likeness (QED) is 0.492. The van der Waals surface area contributed by atoms with Crippen LogP contribution in [0, 0.1) is 6.92 Å². The normalized spacial score (nSPS) is 22.8. The van der Waals surface area contributed by atoms with Gasteiger partial charge in [0.1, 0.15) is 0 Å². The van der Waals surface area contributed by atoms with Gasteiger partial charge in [0.05, 0.1) is 12.1 Å². The molecule has 172 valence electrons. The molecule has 1 aliphatic heterocycles. The average Bonchev–Trinajstić information content (AvgIpc) is 3.18. The fourth-order valence-corrected chi connectivity index (χ4v) is 4.24. The monoisotopic (exact) mass is 454 g/mol. The van der Waals surface area contributed by atoms with Crippen molar-refractivity contribution in [1.29, 1.82) is 0 Å². The second-order valence-electron chi connectivity index (χ2n) is 8.27. The van der Waals surface area contributed by atoms with Gasteiger partial charge in [-0.15, -0.1) is 0 Å². The molecule has 0 amide bonds. The maximum Gasteiger partial charge on any atom is 0.491 e. The standard InChI is InChI=1S/C26H25F3N2O2/c1-18-9-8-10-19(17-18)15-16-25(33-24(32)26(27,28)29)30-22(20-11-4-2-5-12-20)23(31-25)21-13-6-3-7-14-21/h2-14,17,22-23,30-31H,15-16H2,1H3. The zero-order valence-corrected chi connectivity index (χ0v) is 18.1. The van der Waals surface area contributed by atoms with Crippen LogP contribution in [-0.4, -0.2) is 18.0 Å². The first-order valence-electron chi connectivity index (χ1n) is 10.8. The molecule has 1 saturated heterocycles. The number of rotatable bonds is 6. The molecule has 0 saturated carbocycles. The number of aryl methyl sites for hydroxylation is 2. The lowest BCUT2D eigenvalue weighted by atomic mass is 9.95. The molecule has 7 heteroatoms. The highest BCUT2D eigenvalue weighted by Gasteiger charge is 2.52. The topological polar surface area (TPSA) is 50.4 Å². The van der Waals surface area contributed by atoms with E-state index < -0.39 is 30.1 Å². The van der Waals surface area contributed by atoms with Crippen LogP contribution in [0.1, 0.15) is 40.8 Å². The van der Waals surface area contributed by atoms with Crippen molar-refractivity contribution in [2.45, 2.75) is 43.9 Å². The molecule has 4 nitrogen and oxygen atoms in total. The minimum atomic E-state index is -5.10. The minimum Gasteiger partial charge on any atom is -0.424 e. The molecule has 0 aromatic heterocycles. The third-order valence-electron chi connectivity index (χ3n) is 5.77. The van der Waals surface area contributed by atoms with Crippen molar-refractivity contribution in [3.8, 4) is 0 Å². The van der Waals surface area contributed by atoms with Crippen LogP contribution in [0.25, 0.3) is 0 Å². The van der Waals surface area contributed by atoms with Crippen LogP contribution in [0.5, 0.6) is 0 Å². The second kappa shape index (κ2) is 9.37. The van der Waals surface area contributed by atoms with E-state index in [-0.39, 0.29) is 6.42 Å². The van der Waals surface area contributed by atoms with Gasteiger partial charge in [-0.1, -0.05) is 90.5 Å².